The molecule has 3 N–H and O–H groups in total. The zero-order valence-electron chi connectivity index (χ0n) is 23.5. The van der Waals surface area contributed by atoms with Gasteiger partial charge in [-0.05, 0) is 81.5 Å². The predicted octanol–water partition coefficient (Wildman–Crippen LogP) is 5.38. The van der Waals surface area contributed by atoms with Gasteiger partial charge < -0.3 is 20.4 Å². The maximum absolute atomic E-state index is 13.4. The van der Waals surface area contributed by atoms with E-state index in [2.05, 4.69) is 20.7 Å². The van der Waals surface area contributed by atoms with E-state index in [4.69, 9.17) is 9.72 Å². The monoisotopic (exact) mass is 568 g/mol. The Kier molecular flexibility index (Phi) is 7.56. The van der Waals surface area contributed by atoms with Crippen LogP contribution in [-0.2, 0) is 9.53 Å². The number of rotatable bonds is 10. The van der Waals surface area contributed by atoms with E-state index in [0.717, 1.165) is 48.7 Å². The first-order chi connectivity index (χ1) is 19.7. The largest absolute Gasteiger partial charge is 0.376 e. The summed E-state index contributed by atoms with van der Waals surface area (Å²) in [6.45, 7) is 4.59. The summed E-state index contributed by atoms with van der Waals surface area (Å²) in [7, 11) is 0. The first-order valence-electron chi connectivity index (χ1n) is 14.8. The zero-order valence-corrected chi connectivity index (χ0v) is 23.5. The summed E-state index contributed by atoms with van der Waals surface area (Å²) in [5.74, 6) is -2.35. The molecule has 2 saturated carbocycles. The van der Waals surface area contributed by atoms with E-state index in [0.29, 0.717) is 24.0 Å². The Bertz CT molecular complexity index is 1400. The van der Waals surface area contributed by atoms with Gasteiger partial charge in [0, 0.05) is 38.1 Å². The number of benzene rings is 1. The first-order valence-corrected chi connectivity index (χ1v) is 14.8. The number of hydrogen-bond donors (Lipinski definition) is 3. The Hall–Kier alpha value is -3.34. The molecule has 6 rings (SSSR count). The van der Waals surface area contributed by atoms with Gasteiger partial charge in [-0.15, -0.1) is 0 Å². The van der Waals surface area contributed by atoms with Gasteiger partial charge in [-0.2, -0.15) is 5.10 Å². The van der Waals surface area contributed by atoms with Gasteiger partial charge in [0.05, 0.1) is 23.2 Å². The van der Waals surface area contributed by atoms with Crippen LogP contribution in [0.3, 0.4) is 0 Å². The van der Waals surface area contributed by atoms with Crippen LogP contribution in [0.5, 0.6) is 0 Å². The highest BCUT2D eigenvalue weighted by molar-refractivity contribution is 5.93. The van der Waals surface area contributed by atoms with E-state index < -0.39 is 12.0 Å². The average Bonchev–Trinajstić information content (AvgIpc) is 3.47. The number of carbonyl (C=O) groups excluding carboxylic acids is 2. The molecule has 3 aliphatic rings. The quantitative estimate of drug-likeness (QED) is 0.304. The van der Waals surface area contributed by atoms with Crippen LogP contribution in [0.1, 0.15) is 105 Å². The van der Waals surface area contributed by atoms with Crippen LogP contribution in [0.25, 0.3) is 11.0 Å². The zero-order chi connectivity index (χ0) is 28.7. The minimum atomic E-state index is -2.63. The summed E-state index contributed by atoms with van der Waals surface area (Å²) in [6, 6.07) is 6.99. The van der Waals surface area contributed by atoms with E-state index in [1.165, 1.54) is 0 Å². The topological polar surface area (TPSA) is 114 Å². The molecule has 3 heterocycles. The van der Waals surface area contributed by atoms with Gasteiger partial charge in [0.15, 0.2) is 0 Å². The lowest BCUT2D eigenvalue weighted by atomic mass is 9.79. The average molecular weight is 569 g/mol. The van der Waals surface area contributed by atoms with E-state index in [-0.39, 0.29) is 55.2 Å². The predicted molar refractivity (Wildman–Crippen MR) is 148 cm³/mol. The van der Waals surface area contributed by atoms with Gasteiger partial charge in [-0.25, -0.2) is 13.8 Å². The lowest BCUT2D eigenvalue weighted by Gasteiger charge is -2.34. The molecule has 3 fully saturated rings. The number of alkyl halides is 2. The van der Waals surface area contributed by atoms with Crippen molar-refractivity contribution in [2.75, 3.05) is 6.61 Å². The number of nitrogens with one attached hydrogen (secondary N) is 3. The fourth-order valence-corrected chi connectivity index (χ4v) is 6.20. The van der Waals surface area contributed by atoms with Crippen LogP contribution in [0, 0.1) is 11.8 Å². The molecular formula is C30H38F2N6O3. The van der Waals surface area contributed by atoms with Gasteiger partial charge >= 0.3 is 0 Å². The molecule has 0 radical (unpaired) electrons. The molecule has 220 valence electrons. The van der Waals surface area contributed by atoms with E-state index in [1.54, 1.807) is 16.9 Å². The number of halogens is 2. The number of ether oxygens (including phenoxy) is 1. The SMILES string of the molecule is CC(C)n1nccc1C(=O)N[C@@H](c1nc2ccc([C@H](NC(=O)CC3CC(F)(F)C3)C3CC3)cc2[nH]1)C1CCCCO1. The second-order valence-electron chi connectivity index (χ2n) is 12.2. The fourth-order valence-electron chi connectivity index (χ4n) is 6.20. The molecule has 0 spiro atoms. The number of aromatic amines is 1. The van der Waals surface area contributed by atoms with Crippen LogP contribution in [0.2, 0.25) is 0 Å². The van der Waals surface area contributed by atoms with Crippen molar-refractivity contribution >= 4 is 22.8 Å². The van der Waals surface area contributed by atoms with Crippen LogP contribution in [-0.4, -0.2) is 50.2 Å². The maximum atomic E-state index is 13.4. The highest BCUT2D eigenvalue weighted by Gasteiger charge is 2.46. The number of nitrogens with zero attached hydrogens (tertiary/aromatic N) is 3. The van der Waals surface area contributed by atoms with Crippen LogP contribution < -0.4 is 10.6 Å². The molecule has 3 aromatic rings. The molecule has 1 saturated heterocycles. The number of amides is 2. The van der Waals surface area contributed by atoms with Gasteiger partial charge in [0.1, 0.15) is 17.6 Å². The van der Waals surface area contributed by atoms with Gasteiger partial charge in [0.25, 0.3) is 5.91 Å². The summed E-state index contributed by atoms with van der Waals surface area (Å²) < 4.78 is 34.3. The molecule has 2 aromatic heterocycles. The van der Waals surface area contributed by atoms with Crippen molar-refractivity contribution in [1.82, 2.24) is 30.4 Å². The maximum Gasteiger partial charge on any atom is 0.270 e. The first kappa shape index (κ1) is 27.8. The van der Waals surface area contributed by atoms with Crippen LogP contribution in [0.4, 0.5) is 8.78 Å². The molecule has 1 aromatic carbocycles. The third kappa shape index (κ3) is 6.14. The number of hydrogen-bond acceptors (Lipinski definition) is 5. The van der Waals surface area contributed by atoms with Crippen molar-refractivity contribution in [3.05, 3.63) is 47.5 Å². The second kappa shape index (κ2) is 11.2. The van der Waals surface area contributed by atoms with Gasteiger partial charge in [0.2, 0.25) is 11.8 Å². The third-order valence-corrected chi connectivity index (χ3v) is 8.50. The number of fused-ring (bicyclic) bond motifs is 1. The molecule has 3 atom stereocenters. The highest BCUT2D eigenvalue weighted by atomic mass is 19.3. The summed E-state index contributed by atoms with van der Waals surface area (Å²) in [5, 5.41) is 10.6. The number of imidazole rings is 1. The molecule has 2 aliphatic carbocycles. The second-order valence-corrected chi connectivity index (χ2v) is 12.2. The Morgan fingerprint density at radius 2 is 1.93 bits per heavy atom. The standard InChI is InChI=1S/C30H38F2N6O3/c1-17(2)38-23(10-11-33-38)29(40)37-27(24-5-3-4-12-41-24)28-34-21-9-8-20(14-22(21)35-28)26(19-6-7-19)36-25(39)13-18-15-30(31,32)16-18/h8-11,14,17-19,24,26-27H,3-7,12-13,15-16H2,1-2H3,(H,34,35)(H,36,39)(H,37,40)/t24?,26-,27-/m1/s1. The van der Waals surface area contributed by atoms with Crippen molar-refractivity contribution in [3.63, 3.8) is 0 Å². The lowest BCUT2D eigenvalue weighted by molar-refractivity contribution is -0.134. The third-order valence-electron chi connectivity index (χ3n) is 8.50. The molecular weight excluding hydrogens is 530 g/mol. The Labute approximate surface area is 237 Å². The fraction of sp³-hybridized carbons (Fsp3) is 0.600. The number of H-pyrrole nitrogens is 1. The molecule has 0 bridgehead atoms. The molecule has 9 nitrogen and oxygen atoms in total. The van der Waals surface area contributed by atoms with E-state index >= 15 is 0 Å². The van der Waals surface area contributed by atoms with Crippen molar-refractivity contribution in [1.29, 1.82) is 0 Å². The summed E-state index contributed by atoms with van der Waals surface area (Å²) in [4.78, 5) is 34.4. The van der Waals surface area contributed by atoms with Crippen molar-refractivity contribution < 1.29 is 23.1 Å². The summed E-state index contributed by atoms with van der Waals surface area (Å²) in [6.07, 6.45) is 5.94. The minimum Gasteiger partial charge on any atom is -0.376 e. The van der Waals surface area contributed by atoms with Crippen LogP contribution in [0.15, 0.2) is 30.5 Å². The number of carbonyl (C=O) groups is 2. The Balaban J connectivity index is 1.22. The Morgan fingerprint density at radius 1 is 1.12 bits per heavy atom. The normalized spacial score (nSPS) is 22.3. The van der Waals surface area contributed by atoms with E-state index in [9.17, 15) is 18.4 Å². The Morgan fingerprint density at radius 3 is 2.61 bits per heavy atom. The lowest BCUT2D eigenvalue weighted by Crippen LogP contribution is -2.40. The molecule has 41 heavy (non-hydrogen) atoms. The molecule has 11 heteroatoms. The van der Waals surface area contributed by atoms with Crippen molar-refractivity contribution in [2.45, 2.75) is 95.4 Å². The molecule has 1 unspecified atom stereocenters. The van der Waals surface area contributed by atoms with Crippen LogP contribution >= 0.6 is 0 Å². The molecule has 1 aliphatic heterocycles. The highest BCUT2D eigenvalue weighted by Crippen LogP contribution is 2.45. The number of aromatic nitrogens is 4. The van der Waals surface area contributed by atoms with Crippen molar-refractivity contribution in [2.24, 2.45) is 11.8 Å². The van der Waals surface area contributed by atoms with Crippen molar-refractivity contribution in [3.8, 4) is 0 Å². The van der Waals surface area contributed by atoms with Gasteiger partial charge in [-0.1, -0.05) is 6.07 Å². The molecule has 2 amide bonds. The minimum absolute atomic E-state index is 0.0364. The van der Waals surface area contributed by atoms with Gasteiger partial charge in [-0.3, -0.25) is 14.3 Å². The van der Waals surface area contributed by atoms with E-state index in [1.807, 2.05) is 32.0 Å². The summed E-state index contributed by atoms with van der Waals surface area (Å²) in [5.41, 5.74) is 2.99. The smallest absolute Gasteiger partial charge is 0.270 e. The summed E-state index contributed by atoms with van der Waals surface area (Å²) >= 11 is 0.